The zero-order valence-corrected chi connectivity index (χ0v) is 15.5. The van der Waals surface area contributed by atoms with Crippen molar-refractivity contribution in [3.8, 4) is 5.75 Å². The lowest BCUT2D eigenvalue weighted by molar-refractivity contribution is -0.0498. The first-order valence-corrected chi connectivity index (χ1v) is 9.74. The summed E-state index contributed by atoms with van der Waals surface area (Å²) in [5.74, 6) is 0.220. The summed E-state index contributed by atoms with van der Waals surface area (Å²) < 4.78 is 29.0. The molecule has 1 atom stereocenters. The average Bonchev–Trinajstić information content (AvgIpc) is 2.69. The van der Waals surface area contributed by atoms with Gasteiger partial charge in [0.15, 0.2) is 0 Å². The molecular weight excluding hydrogens is 346 g/mol. The van der Waals surface area contributed by atoms with Crippen molar-refractivity contribution in [1.29, 1.82) is 0 Å². The number of halogens is 2. The first kappa shape index (κ1) is 18.4. The molecule has 0 saturated carbocycles. The van der Waals surface area contributed by atoms with Crippen molar-refractivity contribution in [2.45, 2.75) is 45.0 Å². The van der Waals surface area contributed by atoms with E-state index in [1.54, 1.807) is 12.1 Å². The first-order chi connectivity index (χ1) is 13.2. The zero-order valence-electron chi connectivity index (χ0n) is 15.5. The molecule has 1 fully saturated rings. The van der Waals surface area contributed by atoms with Crippen molar-refractivity contribution < 1.29 is 13.5 Å². The van der Waals surface area contributed by atoms with Crippen LogP contribution in [0.1, 0.15) is 29.5 Å². The Morgan fingerprint density at radius 3 is 2.56 bits per heavy atom. The highest BCUT2D eigenvalue weighted by molar-refractivity contribution is 5.29. The average molecular weight is 372 g/mol. The van der Waals surface area contributed by atoms with Gasteiger partial charge in [-0.05, 0) is 54.6 Å². The van der Waals surface area contributed by atoms with E-state index in [0.717, 1.165) is 44.7 Å². The lowest BCUT2D eigenvalue weighted by Gasteiger charge is -2.41. The maximum atomic E-state index is 12.3. The van der Waals surface area contributed by atoms with E-state index in [2.05, 4.69) is 38.8 Å². The topological polar surface area (TPSA) is 15.7 Å². The molecule has 0 bridgehead atoms. The molecule has 2 heterocycles. The quantitative estimate of drug-likeness (QED) is 0.778. The molecule has 27 heavy (non-hydrogen) atoms. The van der Waals surface area contributed by atoms with E-state index in [0.29, 0.717) is 6.04 Å². The van der Waals surface area contributed by atoms with E-state index < -0.39 is 6.61 Å². The summed E-state index contributed by atoms with van der Waals surface area (Å²) in [4.78, 5) is 5.12. The van der Waals surface area contributed by atoms with Gasteiger partial charge in [-0.25, -0.2) is 0 Å². The van der Waals surface area contributed by atoms with Crippen LogP contribution in [0.3, 0.4) is 0 Å². The molecule has 4 rings (SSSR count). The molecule has 0 aromatic heterocycles. The number of hydrogen-bond donors (Lipinski definition) is 0. The fourth-order valence-electron chi connectivity index (χ4n) is 4.34. The summed E-state index contributed by atoms with van der Waals surface area (Å²) in [5.41, 5.74) is 4.10. The number of benzene rings is 2. The molecule has 0 aliphatic carbocycles. The predicted molar refractivity (Wildman–Crippen MR) is 102 cm³/mol. The van der Waals surface area contributed by atoms with Gasteiger partial charge in [-0.2, -0.15) is 8.78 Å². The van der Waals surface area contributed by atoms with E-state index >= 15 is 0 Å². The van der Waals surface area contributed by atoms with Crippen LogP contribution in [0, 0.1) is 0 Å². The van der Waals surface area contributed by atoms with Crippen LogP contribution in [0.4, 0.5) is 8.78 Å². The van der Waals surface area contributed by atoms with E-state index in [9.17, 15) is 8.78 Å². The van der Waals surface area contributed by atoms with Crippen LogP contribution in [0.25, 0.3) is 0 Å². The van der Waals surface area contributed by atoms with Gasteiger partial charge in [-0.1, -0.05) is 36.4 Å². The molecule has 0 spiro atoms. The number of hydrogen-bond acceptors (Lipinski definition) is 3. The van der Waals surface area contributed by atoms with Crippen LogP contribution in [-0.4, -0.2) is 42.1 Å². The van der Waals surface area contributed by atoms with Gasteiger partial charge < -0.3 is 4.74 Å². The third-order valence-electron chi connectivity index (χ3n) is 5.71. The lowest BCUT2D eigenvalue weighted by atomic mass is 9.96. The van der Waals surface area contributed by atoms with E-state index in [1.807, 2.05) is 12.1 Å². The number of piperidine rings is 1. The Hall–Kier alpha value is -1.98. The molecule has 2 aliphatic rings. The standard InChI is InChI=1S/C22H26F2N2O/c23-22(24)27-21-9-7-17(8-10-21)14-25-12-3-6-20(16-25)26-13-11-18-4-1-2-5-19(18)15-26/h1-2,4-5,7-10,20,22H,3,6,11-16H2. The monoisotopic (exact) mass is 372 g/mol. The maximum Gasteiger partial charge on any atom is 0.387 e. The molecule has 0 amide bonds. The van der Waals surface area contributed by atoms with Crippen LogP contribution in [-0.2, 0) is 19.5 Å². The summed E-state index contributed by atoms with van der Waals surface area (Å²) in [6, 6.07) is 16.4. The summed E-state index contributed by atoms with van der Waals surface area (Å²) in [6.45, 7) is 2.43. The van der Waals surface area contributed by atoms with E-state index in [-0.39, 0.29) is 5.75 Å². The normalized spacial score (nSPS) is 21.2. The number of nitrogens with zero attached hydrogens (tertiary/aromatic N) is 2. The Morgan fingerprint density at radius 2 is 1.78 bits per heavy atom. The van der Waals surface area contributed by atoms with Gasteiger partial charge in [0.2, 0.25) is 0 Å². The number of likely N-dealkylation sites (tertiary alicyclic amines) is 1. The second-order valence-electron chi connectivity index (χ2n) is 7.54. The minimum atomic E-state index is -2.77. The maximum absolute atomic E-state index is 12.3. The Balaban J connectivity index is 1.34. The molecule has 5 heteroatoms. The van der Waals surface area contributed by atoms with Gasteiger partial charge in [0.05, 0.1) is 0 Å². The van der Waals surface area contributed by atoms with Crippen molar-refractivity contribution >= 4 is 0 Å². The molecule has 2 aromatic carbocycles. The zero-order chi connectivity index (χ0) is 18.6. The molecule has 144 valence electrons. The van der Waals surface area contributed by atoms with E-state index in [4.69, 9.17) is 0 Å². The Labute approximate surface area is 159 Å². The second kappa shape index (κ2) is 8.36. The second-order valence-corrected chi connectivity index (χ2v) is 7.54. The van der Waals surface area contributed by atoms with Gasteiger partial charge in [0, 0.05) is 32.2 Å². The summed E-state index contributed by atoms with van der Waals surface area (Å²) in [7, 11) is 0. The van der Waals surface area contributed by atoms with Gasteiger partial charge in [-0.15, -0.1) is 0 Å². The predicted octanol–water partition coefficient (Wildman–Crippen LogP) is 4.31. The van der Waals surface area contributed by atoms with Crippen molar-refractivity contribution in [1.82, 2.24) is 9.80 Å². The number of rotatable bonds is 5. The smallest absolute Gasteiger partial charge is 0.387 e. The highest BCUT2D eigenvalue weighted by Crippen LogP contribution is 2.25. The number of alkyl halides is 2. The van der Waals surface area contributed by atoms with Gasteiger partial charge in [-0.3, -0.25) is 9.80 Å². The minimum absolute atomic E-state index is 0.220. The molecule has 2 aromatic rings. The van der Waals surface area contributed by atoms with Crippen LogP contribution in [0.2, 0.25) is 0 Å². The molecule has 0 N–H and O–H groups in total. The Kier molecular flexibility index (Phi) is 5.69. The third kappa shape index (κ3) is 4.66. The molecule has 0 radical (unpaired) electrons. The summed E-state index contributed by atoms with van der Waals surface area (Å²) in [6.07, 6.45) is 3.59. The van der Waals surface area contributed by atoms with Gasteiger partial charge in [0.25, 0.3) is 0 Å². The van der Waals surface area contributed by atoms with Crippen LogP contribution >= 0.6 is 0 Å². The Morgan fingerprint density at radius 1 is 1.00 bits per heavy atom. The summed E-state index contributed by atoms with van der Waals surface area (Å²) >= 11 is 0. The highest BCUT2D eigenvalue weighted by Gasteiger charge is 2.27. The molecule has 2 aliphatic heterocycles. The first-order valence-electron chi connectivity index (χ1n) is 9.74. The van der Waals surface area contributed by atoms with Crippen molar-refractivity contribution in [2.24, 2.45) is 0 Å². The molecule has 1 unspecified atom stereocenters. The van der Waals surface area contributed by atoms with Crippen LogP contribution in [0.15, 0.2) is 48.5 Å². The number of ether oxygens (including phenoxy) is 1. The van der Waals surface area contributed by atoms with Crippen molar-refractivity contribution in [2.75, 3.05) is 19.6 Å². The minimum Gasteiger partial charge on any atom is -0.435 e. The van der Waals surface area contributed by atoms with Crippen molar-refractivity contribution in [3.63, 3.8) is 0 Å². The fraction of sp³-hybridized carbons (Fsp3) is 0.455. The SMILES string of the molecule is FC(F)Oc1ccc(CN2CCCC(N3CCc4ccccc4C3)C2)cc1. The lowest BCUT2D eigenvalue weighted by Crippen LogP contribution is -2.49. The molecular formula is C22H26F2N2O. The van der Waals surface area contributed by atoms with E-state index in [1.165, 1.54) is 24.0 Å². The molecule has 3 nitrogen and oxygen atoms in total. The van der Waals surface area contributed by atoms with Gasteiger partial charge >= 0.3 is 6.61 Å². The largest absolute Gasteiger partial charge is 0.435 e. The number of fused-ring (bicyclic) bond motifs is 1. The molecule has 1 saturated heterocycles. The third-order valence-corrected chi connectivity index (χ3v) is 5.71. The van der Waals surface area contributed by atoms with Gasteiger partial charge in [0.1, 0.15) is 5.75 Å². The van der Waals surface area contributed by atoms with Crippen molar-refractivity contribution in [3.05, 3.63) is 65.2 Å². The summed E-state index contributed by atoms with van der Waals surface area (Å²) in [5, 5.41) is 0. The highest BCUT2D eigenvalue weighted by atomic mass is 19.3. The van der Waals surface area contributed by atoms with Crippen LogP contribution < -0.4 is 4.74 Å². The fourth-order valence-corrected chi connectivity index (χ4v) is 4.34. The Bertz CT molecular complexity index is 750. The van der Waals surface area contributed by atoms with Crippen LogP contribution in [0.5, 0.6) is 5.75 Å².